The first-order chi connectivity index (χ1) is 25.2. The van der Waals surface area contributed by atoms with E-state index in [0.29, 0.717) is 17.5 Å². The molecule has 0 fully saturated rings. The summed E-state index contributed by atoms with van der Waals surface area (Å²) in [4.78, 5) is 20.3. The molecule has 0 amide bonds. The summed E-state index contributed by atoms with van der Waals surface area (Å²) >= 11 is 1.68. The monoisotopic (exact) mass is 670 g/mol. The molecule has 9 rings (SSSR count). The maximum Gasteiger partial charge on any atom is 0.166 e. The number of hydrogen-bond acceptors (Lipinski definition) is 5. The molecule has 9 aromatic rings. The van der Waals surface area contributed by atoms with Crippen LogP contribution in [0.2, 0.25) is 0 Å². The molecule has 0 atom stereocenters. The van der Waals surface area contributed by atoms with E-state index in [9.17, 15) is 0 Å². The fraction of sp³-hybridized carbons (Fsp3) is 0. The molecule has 0 aliphatic rings. The Kier molecular flexibility index (Phi) is 8.01. The highest BCUT2D eigenvalue weighted by atomic mass is 32.1. The number of thiazole rings is 1. The lowest BCUT2D eigenvalue weighted by Crippen LogP contribution is -2.00. The summed E-state index contributed by atoms with van der Waals surface area (Å²) in [5.41, 5.74) is 11.7. The van der Waals surface area contributed by atoms with E-state index in [1.165, 1.54) is 22.3 Å². The predicted molar refractivity (Wildman–Crippen MR) is 211 cm³/mol. The molecule has 4 nitrogen and oxygen atoms in total. The van der Waals surface area contributed by atoms with Crippen molar-refractivity contribution < 1.29 is 0 Å². The molecule has 0 bridgehead atoms. The van der Waals surface area contributed by atoms with Crippen molar-refractivity contribution in [1.82, 2.24) is 19.9 Å². The van der Waals surface area contributed by atoms with Gasteiger partial charge < -0.3 is 0 Å². The number of rotatable bonds is 7. The van der Waals surface area contributed by atoms with Gasteiger partial charge in [0.05, 0.1) is 10.2 Å². The van der Waals surface area contributed by atoms with Crippen molar-refractivity contribution in [3.63, 3.8) is 0 Å². The number of para-hydroxylation sites is 1. The second-order valence-corrected chi connectivity index (χ2v) is 13.3. The molecule has 240 valence electrons. The number of hydrogen-bond donors (Lipinski definition) is 0. The van der Waals surface area contributed by atoms with Crippen LogP contribution < -0.4 is 0 Å². The van der Waals surface area contributed by atoms with Gasteiger partial charge in [-0.05, 0) is 51.6 Å². The lowest BCUT2D eigenvalue weighted by molar-refractivity contribution is 1.08. The Morgan fingerprint density at radius 3 is 1.29 bits per heavy atom. The smallest absolute Gasteiger partial charge is 0.166 e. The predicted octanol–water partition coefficient (Wildman–Crippen LogP) is 12.2. The van der Waals surface area contributed by atoms with E-state index in [0.717, 1.165) is 48.6 Å². The van der Waals surface area contributed by atoms with Crippen molar-refractivity contribution in [1.29, 1.82) is 0 Å². The molecule has 0 aliphatic heterocycles. The van der Waals surface area contributed by atoms with Crippen molar-refractivity contribution in [2.75, 3.05) is 0 Å². The van der Waals surface area contributed by atoms with Gasteiger partial charge in [0.25, 0.3) is 0 Å². The van der Waals surface area contributed by atoms with Crippen LogP contribution in [0.1, 0.15) is 0 Å². The highest BCUT2D eigenvalue weighted by Crippen LogP contribution is 2.37. The number of fused-ring (bicyclic) bond motifs is 1. The summed E-state index contributed by atoms with van der Waals surface area (Å²) in [6.07, 6.45) is 0. The molecule has 0 radical (unpaired) electrons. The van der Waals surface area contributed by atoms with E-state index in [1.54, 1.807) is 11.3 Å². The Hall–Kier alpha value is -6.56. The molecular weight excluding hydrogens is 641 g/mol. The second kappa shape index (κ2) is 13.4. The third-order valence-electron chi connectivity index (χ3n) is 9.01. The normalized spacial score (nSPS) is 11.1. The van der Waals surface area contributed by atoms with Gasteiger partial charge in [-0.15, -0.1) is 11.3 Å². The van der Waals surface area contributed by atoms with Crippen molar-refractivity contribution >= 4 is 21.6 Å². The van der Waals surface area contributed by atoms with Gasteiger partial charge in [0.1, 0.15) is 5.01 Å². The average molecular weight is 671 g/mol. The fourth-order valence-electron chi connectivity index (χ4n) is 6.35. The van der Waals surface area contributed by atoms with Crippen LogP contribution in [0.5, 0.6) is 0 Å². The topological polar surface area (TPSA) is 51.6 Å². The van der Waals surface area contributed by atoms with Crippen molar-refractivity contribution in [3.05, 3.63) is 182 Å². The van der Waals surface area contributed by atoms with Gasteiger partial charge >= 0.3 is 0 Å². The third-order valence-corrected chi connectivity index (χ3v) is 10.1. The van der Waals surface area contributed by atoms with E-state index in [2.05, 4.69) is 140 Å². The van der Waals surface area contributed by atoms with Crippen molar-refractivity contribution in [2.24, 2.45) is 0 Å². The minimum absolute atomic E-state index is 0.598. The fourth-order valence-corrected chi connectivity index (χ4v) is 7.34. The van der Waals surface area contributed by atoms with E-state index >= 15 is 0 Å². The summed E-state index contributed by atoms with van der Waals surface area (Å²) in [6, 6.07) is 62.9. The zero-order valence-corrected chi connectivity index (χ0v) is 28.3. The first-order valence-corrected chi connectivity index (χ1v) is 17.7. The first-order valence-electron chi connectivity index (χ1n) is 16.9. The minimum atomic E-state index is 0.598. The van der Waals surface area contributed by atoms with Crippen molar-refractivity contribution in [2.45, 2.75) is 0 Å². The third kappa shape index (κ3) is 6.23. The maximum absolute atomic E-state index is 5.22. The summed E-state index contributed by atoms with van der Waals surface area (Å²) in [5.74, 6) is 1.85. The second-order valence-electron chi connectivity index (χ2n) is 12.3. The molecule has 2 aromatic heterocycles. The van der Waals surface area contributed by atoms with Crippen LogP contribution in [0.3, 0.4) is 0 Å². The average Bonchev–Trinajstić information content (AvgIpc) is 3.67. The molecule has 0 N–H and O–H groups in total. The lowest BCUT2D eigenvalue weighted by atomic mass is 9.99. The first kappa shape index (κ1) is 30.5. The summed E-state index contributed by atoms with van der Waals surface area (Å²) in [6.45, 7) is 0. The quantitative estimate of drug-likeness (QED) is 0.169. The number of nitrogens with zero attached hydrogens (tertiary/aromatic N) is 4. The van der Waals surface area contributed by atoms with Gasteiger partial charge in [0, 0.05) is 22.3 Å². The SMILES string of the molecule is c1ccc(-c2ccc(-c3cccc(-c4nc5c(-c6nc(-c7ccccc7)nc(-c7ccc(-c8ccccc8)cc7)n6)cccc5s4)c3)cc2)cc1. The van der Waals surface area contributed by atoms with Crippen molar-refractivity contribution in [3.8, 4) is 78.1 Å². The van der Waals surface area contributed by atoms with Gasteiger partial charge in [-0.1, -0.05) is 164 Å². The molecule has 51 heavy (non-hydrogen) atoms. The minimum Gasteiger partial charge on any atom is -0.235 e. The van der Waals surface area contributed by atoms with Crippen LogP contribution in [0.15, 0.2) is 182 Å². The Balaban J connectivity index is 1.09. The Labute approximate surface area is 300 Å². The Morgan fingerprint density at radius 2 is 0.706 bits per heavy atom. The highest BCUT2D eigenvalue weighted by Gasteiger charge is 2.17. The molecule has 5 heteroatoms. The zero-order valence-electron chi connectivity index (χ0n) is 27.5. The standard InChI is InChI=1S/C46H30N4S/c1-4-12-31(13-5-1)33-22-24-35(25-23-33)38-18-10-19-39(30-38)46-47-42-40(20-11-21-41(42)51-46)45-49-43(36-16-8-3-9-17-36)48-44(50-45)37-28-26-34(27-29-37)32-14-6-2-7-15-32/h1-30H. The maximum atomic E-state index is 5.22. The molecule has 2 heterocycles. The van der Waals surface area contributed by atoms with Gasteiger partial charge in [-0.2, -0.15) is 0 Å². The van der Waals surface area contributed by atoms with Gasteiger partial charge in [-0.3, -0.25) is 0 Å². The van der Waals surface area contributed by atoms with Gasteiger partial charge in [-0.25, -0.2) is 19.9 Å². The molecular formula is C46H30N4S. The molecule has 0 spiro atoms. The van der Waals surface area contributed by atoms with E-state index in [1.807, 2.05) is 42.5 Å². The van der Waals surface area contributed by atoms with E-state index in [4.69, 9.17) is 19.9 Å². The molecule has 7 aromatic carbocycles. The molecule has 0 saturated carbocycles. The van der Waals surface area contributed by atoms with Crippen LogP contribution in [-0.4, -0.2) is 19.9 Å². The van der Waals surface area contributed by atoms with Crippen LogP contribution in [0, 0.1) is 0 Å². The molecule has 0 unspecified atom stereocenters. The van der Waals surface area contributed by atoms with Crippen LogP contribution in [0.25, 0.3) is 88.3 Å². The Bertz CT molecular complexity index is 2600. The van der Waals surface area contributed by atoms with Crippen LogP contribution >= 0.6 is 11.3 Å². The summed E-state index contributed by atoms with van der Waals surface area (Å²) < 4.78 is 1.08. The van der Waals surface area contributed by atoms with E-state index < -0.39 is 0 Å². The van der Waals surface area contributed by atoms with E-state index in [-0.39, 0.29) is 0 Å². The summed E-state index contributed by atoms with van der Waals surface area (Å²) in [7, 11) is 0. The molecule has 0 saturated heterocycles. The van der Waals surface area contributed by atoms with Gasteiger partial charge in [0.2, 0.25) is 0 Å². The summed E-state index contributed by atoms with van der Waals surface area (Å²) in [5, 5.41) is 0.953. The van der Waals surface area contributed by atoms with Crippen LogP contribution in [0.4, 0.5) is 0 Å². The highest BCUT2D eigenvalue weighted by molar-refractivity contribution is 7.21. The lowest BCUT2D eigenvalue weighted by Gasteiger charge is -2.09. The Morgan fingerprint density at radius 1 is 0.294 bits per heavy atom. The number of benzene rings is 7. The number of aromatic nitrogens is 4. The van der Waals surface area contributed by atoms with Gasteiger partial charge in [0.15, 0.2) is 17.5 Å². The molecule has 0 aliphatic carbocycles. The van der Waals surface area contributed by atoms with Crippen LogP contribution in [-0.2, 0) is 0 Å². The zero-order chi connectivity index (χ0) is 34.0. The largest absolute Gasteiger partial charge is 0.235 e.